The van der Waals surface area contributed by atoms with Crippen molar-refractivity contribution in [2.24, 2.45) is 0 Å². The molecule has 0 saturated heterocycles. The van der Waals surface area contributed by atoms with Gasteiger partial charge >= 0.3 is 0 Å². The van der Waals surface area contributed by atoms with Crippen LogP contribution in [0.15, 0.2) is 0 Å². The monoisotopic (exact) mass is 322 g/mol. The quantitative estimate of drug-likeness (QED) is 0.271. The average Bonchev–Trinajstić information content (AvgIpc) is 2.38. The van der Waals surface area contributed by atoms with Crippen LogP contribution in [0.1, 0.15) is 96.8 Å². The van der Waals surface area contributed by atoms with Crippen molar-refractivity contribution < 1.29 is 0 Å². The molecule has 0 unspecified atom stereocenters. The van der Waals surface area contributed by atoms with Gasteiger partial charge in [0.1, 0.15) is 0 Å². The van der Waals surface area contributed by atoms with Gasteiger partial charge in [-0.2, -0.15) is 9.24 Å². The molecule has 0 aliphatic carbocycles. The van der Waals surface area contributed by atoms with Gasteiger partial charge in [-0.25, -0.2) is 0 Å². The molecule has 0 spiro atoms. The van der Waals surface area contributed by atoms with E-state index in [9.17, 15) is 0 Å². The van der Waals surface area contributed by atoms with Gasteiger partial charge in [0.05, 0.1) is 0 Å². The maximum atomic E-state index is 6.27. The first-order valence-corrected chi connectivity index (χ1v) is 12.4. The van der Waals surface area contributed by atoms with Crippen LogP contribution < -0.4 is 0 Å². The highest BCUT2D eigenvalue weighted by Gasteiger charge is 2.05. The van der Waals surface area contributed by atoms with Crippen LogP contribution >= 0.6 is 19.9 Å². The van der Waals surface area contributed by atoms with Gasteiger partial charge < -0.3 is 0 Å². The fraction of sp³-hybridized carbons (Fsp3) is 1.00. The Morgan fingerprint density at radius 1 is 0.550 bits per heavy atom. The molecule has 0 aromatic heterocycles. The molecule has 0 heterocycles. The van der Waals surface area contributed by atoms with Gasteiger partial charge in [0.2, 0.25) is 0 Å². The van der Waals surface area contributed by atoms with Crippen LogP contribution in [-0.2, 0) is 0 Å². The first-order chi connectivity index (χ1) is 9.56. The minimum atomic E-state index is -0.768. The largest absolute Gasteiger partial charge is 0.169 e. The number of rotatable bonds is 15. The fourth-order valence-corrected chi connectivity index (χ4v) is 3.86. The average molecular weight is 323 g/mol. The minimum absolute atomic E-state index is 0.768. The summed E-state index contributed by atoms with van der Waals surface area (Å²) in [5.74, 6) is 1.24. The van der Waals surface area contributed by atoms with Crippen LogP contribution in [0, 0.1) is 0 Å². The van der Waals surface area contributed by atoms with Gasteiger partial charge in [-0.1, -0.05) is 101 Å². The lowest BCUT2D eigenvalue weighted by molar-refractivity contribution is 0.538. The second-order valence-electron chi connectivity index (χ2n) is 6.70. The van der Waals surface area contributed by atoms with E-state index in [1.54, 1.807) is 0 Å². The molecule has 0 aliphatic rings. The normalized spacial score (nSPS) is 12.8. The molecular weight excluding hydrogens is 284 g/mol. The van der Waals surface area contributed by atoms with Crippen molar-refractivity contribution in [1.29, 1.82) is 0 Å². The van der Waals surface area contributed by atoms with E-state index in [0.717, 1.165) is 0 Å². The molecule has 0 nitrogen and oxygen atoms in total. The molecule has 0 saturated carbocycles. The molecule has 0 aromatic rings. The number of halogens is 1. The molecule has 0 radical (unpaired) electrons. The molecule has 124 valence electrons. The van der Waals surface area contributed by atoms with Crippen LogP contribution in [-0.4, -0.2) is 18.3 Å². The highest BCUT2D eigenvalue weighted by Crippen LogP contribution is 2.45. The Balaban J connectivity index is 2.99. The highest BCUT2D eigenvalue weighted by molar-refractivity contribution is 8.50. The van der Waals surface area contributed by atoms with Crippen LogP contribution in [0.2, 0.25) is 0 Å². The zero-order chi connectivity index (χ0) is 15.1. The second-order valence-corrected chi connectivity index (χ2v) is 12.4. The number of hydrogen-bond donors (Lipinski definition) is 0. The van der Waals surface area contributed by atoms with Crippen LogP contribution in [0.4, 0.5) is 0 Å². The van der Waals surface area contributed by atoms with Crippen LogP contribution in [0.25, 0.3) is 0 Å². The van der Waals surface area contributed by atoms with Crippen LogP contribution in [0.3, 0.4) is 0 Å². The summed E-state index contributed by atoms with van der Waals surface area (Å²) in [7, 11) is 5.50. The molecule has 0 rings (SSSR count). The molecule has 0 bridgehead atoms. The predicted molar refractivity (Wildman–Crippen MR) is 100 cm³/mol. The summed E-state index contributed by atoms with van der Waals surface area (Å²) < 4.78 is 0. The third-order valence-corrected chi connectivity index (χ3v) is 5.71. The molecule has 0 fully saturated rings. The first-order valence-electron chi connectivity index (χ1n) is 8.97. The first kappa shape index (κ1) is 20.6. The third-order valence-electron chi connectivity index (χ3n) is 3.98. The molecule has 20 heavy (non-hydrogen) atoms. The zero-order valence-corrected chi connectivity index (χ0v) is 16.0. The Labute approximate surface area is 135 Å². The van der Waals surface area contributed by atoms with E-state index >= 15 is 0 Å². The van der Waals surface area contributed by atoms with E-state index in [4.69, 9.17) is 10.7 Å². The van der Waals surface area contributed by atoms with Crippen LogP contribution in [0.5, 0.6) is 0 Å². The smallest absolute Gasteiger partial charge is 0.0106 e. The van der Waals surface area contributed by atoms with Gasteiger partial charge in [-0.05, 0) is 24.7 Å². The Morgan fingerprint density at radius 2 is 0.850 bits per heavy atom. The Bertz CT molecular complexity index is 186. The molecular formula is C18H39ClS. The fourth-order valence-electron chi connectivity index (χ4n) is 2.64. The van der Waals surface area contributed by atoms with E-state index in [1.807, 2.05) is 0 Å². The van der Waals surface area contributed by atoms with Crippen molar-refractivity contribution in [2.75, 3.05) is 18.3 Å². The number of hydrogen-bond acceptors (Lipinski definition) is 0. The van der Waals surface area contributed by atoms with Crippen molar-refractivity contribution in [1.82, 2.24) is 0 Å². The zero-order valence-electron chi connectivity index (χ0n) is 14.4. The van der Waals surface area contributed by atoms with E-state index in [-0.39, 0.29) is 0 Å². The molecule has 0 aliphatic heterocycles. The van der Waals surface area contributed by atoms with Crippen molar-refractivity contribution in [3.63, 3.8) is 0 Å². The Hall–Kier alpha value is 0.640. The van der Waals surface area contributed by atoms with Gasteiger partial charge in [-0.15, -0.1) is 0 Å². The summed E-state index contributed by atoms with van der Waals surface area (Å²) in [5.41, 5.74) is 0. The van der Waals surface area contributed by atoms with Gasteiger partial charge in [0.25, 0.3) is 0 Å². The van der Waals surface area contributed by atoms with E-state index in [2.05, 4.69) is 19.4 Å². The standard InChI is InChI=1S/C18H39ClS/c1-4-5-6-7-8-9-10-11-12-13-14-15-16-17-18-20(2,3)19/h4-18H2,1-3H3. The van der Waals surface area contributed by atoms with Gasteiger partial charge in [0.15, 0.2) is 0 Å². The summed E-state index contributed by atoms with van der Waals surface area (Å²) in [6.07, 6.45) is 24.5. The Morgan fingerprint density at radius 3 is 1.15 bits per heavy atom. The molecule has 2 heteroatoms. The summed E-state index contributed by atoms with van der Waals surface area (Å²) in [4.78, 5) is 0. The summed E-state index contributed by atoms with van der Waals surface area (Å²) in [6, 6.07) is 0. The van der Waals surface area contributed by atoms with Gasteiger partial charge in [0, 0.05) is 0 Å². The summed E-state index contributed by atoms with van der Waals surface area (Å²) in [6.45, 7) is 2.29. The molecule has 0 atom stereocenters. The van der Waals surface area contributed by atoms with Gasteiger partial charge in [-0.3, -0.25) is 0 Å². The van der Waals surface area contributed by atoms with Crippen molar-refractivity contribution in [3.05, 3.63) is 0 Å². The van der Waals surface area contributed by atoms with Crippen molar-refractivity contribution in [3.8, 4) is 0 Å². The number of unbranched alkanes of at least 4 members (excludes halogenated alkanes) is 13. The van der Waals surface area contributed by atoms with E-state index < -0.39 is 9.24 Å². The van der Waals surface area contributed by atoms with Crippen molar-refractivity contribution in [2.45, 2.75) is 96.8 Å². The molecule has 0 amide bonds. The maximum Gasteiger partial charge on any atom is -0.0106 e. The second kappa shape index (κ2) is 14.6. The predicted octanol–water partition coefficient (Wildman–Crippen LogP) is 7.69. The topological polar surface area (TPSA) is 0 Å². The van der Waals surface area contributed by atoms with E-state index in [0.29, 0.717) is 0 Å². The molecule has 0 aromatic carbocycles. The summed E-state index contributed by atoms with van der Waals surface area (Å²) >= 11 is 0. The Kier molecular flexibility index (Phi) is 15.0. The third kappa shape index (κ3) is 18.6. The lowest BCUT2D eigenvalue weighted by Crippen LogP contribution is -1.93. The van der Waals surface area contributed by atoms with E-state index in [1.165, 1.54) is 95.6 Å². The van der Waals surface area contributed by atoms with Crippen molar-refractivity contribution >= 4 is 19.9 Å². The minimum Gasteiger partial charge on any atom is -0.169 e. The maximum absolute atomic E-state index is 6.27. The summed E-state index contributed by atoms with van der Waals surface area (Å²) in [5, 5.41) is 0. The molecule has 0 N–H and O–H groups in total. The SMILES string of the molecule is CCCCCCCCCCCCCCCCS(C)(C)Cl. The lowest BCUT2D eigenvalue weighted by Gasteiger charge is -2.21. The highest BCUT2D eigenvalue weighted by atomic mass is 35.7. The lowest BCUT2D eigenvalue weighted by atomic mass is 10.0.